The van der Waals surface area contributed by atoms with E-state index in [1.165, 1.54) is 0 Å². The number of amides is 3. The van der Waals surface area contributed by atoms with E-state index in [2.05, 4.69) is 21.2 Å². The van der Waals surface area contributed by atoms with Crippen LogP contribution in [0.4, 0.5) is 4.79 Å². The fourth-order valence-corrected chi connectivity index (χ4v) is 2.84. The van der Waals surface area contributed by atoms with Crippen LogP contribution in [0.1, 0.15) is 11.3 Å². The Balaban J connectivity index is 2.00. The minimum atomic E-state index is -0.296. The molecule has 1 aliphatic heterocycles. The summed E-state index contributed by atoms with van der Waals surface area (Å²) in [6.45, 7) is 1.07. The summed E-state index contributed by atoms with van der Waals surface area (Å²) in [7, 11) is 0. The molecule has 2 rings (SSSR count). The minimum Gasteiger partial charge on any atom is -0.319 e. The largest absolute Gasteiger partial charge is 0.324 e. The van der Waals surface area contributed by atoms with Gasteiger partial charge in [-0.3, -0.25) is 10.1 Å². The molecular weight excluding hydrogens is 280 g/mol. The Bertz CT molecular complexity index is 405. The number of carbonyl (C=O) groups excluding carboxylic acids is 2. The van der Waals surface area contributed by atoms with Crippen LogP contribution in [-0.2, 0) is 11.3 Å². The van der Waals surface area contributed by atoms with Gasteiger partial charge in [0.2, 0.25) is 5.91 Å². The summed E-state index contributed by atoms with van der Waals surface area (Å²) in [4.78, 5) is 25.1. The molecule has 0 radical (unpaired) electrons. The molecule has 4 nitrogen and oxygen atoms in total. The van der Waals surface area contributed by atoms with Gasteiger partial charge in [-0.1, -0.05) is 0 Å². The van der Waals surface area contributed by atoms with Crippen LogP contribution in [0.2, 0.25) is 0 Å². The average molecular weight is 289 g/mol. The molecule has 15 heavy (non-hydrogen) atoms. The SMILES string of the molecule is O=C1CCN(Cc2cc(Br)cs2)C(=O)N1. The van der Waals surface area contributed by atoms with Gasteiger partial charge in [0.25, 0.3) is 0 Å². The molecule has 0 saturated carbocycles. The second-order valence-electron chi connectivity index (χ2n) is 3.26. The van der Waals surface area contributed by atoms with E-state index in [9.17, 15) is 9.59 Å². The van der Waals surface area contributed by atoms with E-state index in [-0.39, 0.29) is 11.9 Å². The molecule has 0 aromatic carbocycles. The van der Waals surface area contributed by atoms with E-state index >= 15 is 0 Å². The molecule has 6 heteroatoms. The Kier molecular flexibility index (Phi) is 3.06. The number of urea groups is 1. The van der Waals surface area contributed by atoms with E-state index in [0.29, 0.717) is 19.5 Å². The number of imide groups is 1. The Morgan fingerprint density at radius 1 is 1.53 bits per heavy atom. The normalized spacial score (nSPS) is 16.7. The Morgan fingerprint density at radius 2 is 2.33 bits per heavy atom. The maximum absolute atomic E-state index is 11.4. The van der Waals surface area contributed by atoms with Gasteiger partial charge < -0.3 is 4.90 Å². The summed E-state index contributed by atoms with van der Waals surface area (Å²) in [5.41, 5.74) is 0. The van der Waals surface area contributed by atoms with Crippen molar-refractivity contribution in [2.45, 2.75) is 13.0 Å². The fraction of sp³-hybridized carbons (Fsp3) is 0.333. The maximum atomic E-state index is 11.4. The van der Waals surface area contributed by atoms with Crippen molar-refractivity contribution in [1.82, 2.24) is 10.2 Å². The molecule has 0 atom stereocenters. The third kappa shape index (κ3) is 2.57. The van der Waals surface area contributed by atoms with Crippen LogP contribution in [0.15, 0.2) is 15.9 Å². The summed E-state index contributed by atoms with van der Waals surface area (Å²) in [6.07, 6.45) is 0.387. The van der Waals surface area contributed by atoms with Crippen LogP contribution in [-0.4, -0.2) is 23.4 Å². The van der Waals surface area contributed by atoms with Gasteiger partial charge in [0, 0.05) is 27.7 Å². The van der Waals surface area contributed by atoms with Crippen molar-refractivity contribution in [3.8, 4) is 0 Å². The zero-order chi connectivity index (χ0) is 10.8. The molecule has 80 valence electrons. The van der Waals surface area contributed by atoms with Crippen LogP contribution in [0, 0.1) is 0 Å². The highest BCUT2D eigenvalue weighted by atomic mass is 79.9. The van der Waals surface area contributed by atoms with Crippen LogP contribution in [0.3, 0.4) is 0 Å². The Hall–Kier alpha value is -0.880. The van der Waals surface area contributed by atoms with Crippen LogP contribution in [0.25, 0.3) is 0 Å². The number of hydrogen-bond acceptors (Lipinski definition) is 3. The molecule has 1 aromatic heterocycles. The quantitative estimate of drug-likeness (QED) is 0.904. The van der Waals surface area contributed by atoms with Gasteiger partial charge in [0.1, 0.15) is 0 Å². The van der Waals surface area contributed by atoms with E-state index in [1.807, 2.05) is 11.4 Å². The Morgan fingerprint density at radius 3 is 2.93 bits per heavy atom. The van der Waals surface area contributed by atoms with Gasteiger partial charge in [-0.15, -0.1) is 11.3 Å². The molecule has 0 aliphatic carbocycles. The van der Waals surface area contributed by atoms with Crippen molar-refractivity contribution in [2.75, 3.05) is 6.54 Å². The van der Waals surface area contributed by atoms with E-state index in [1.54, 1.807) is 16.2 Å². The lowest BCUT2D eigenvalue weighted by atomic mass is 10.3. The minimum absolute atomic E-state index is 0.191. The average Bonchev–Trinajstić information content (AvgIpc) is 2.56. The van der Waals surface area contributed by atoms with Crippen molar-refractivity contribution in [3.05, 3.63) is 20.8 Å². The van der Waals surface area contributed by atoms with Crippen molar-refractivity contribution in [3.63, 3.8) is 0 Å². The monoisotopic (exact) mass is 288 g/mol. The second-order valence-corrected chi connectivity index (χ2v) is 5.17. The Labute approximate surface area is 99.4 Å². The second kappa shape index (κ2) is 4.32. The van der Waals surface area contributed by atoms with E-state index in [4.69, 9.17) is 0 Å². The summed E-state index contributed by atoms with van der Waals surface area (Å²) in [5, 5.41) is 4.27. The first-order valence-corrected chi connectivity index (χ1v) is 6.14. The van der Waals surface area contributed by atoms with Crippen molar-refractivity contribution in [2.24, 2.45) is 0 Å². The van der Waals surface area contributed by atoms with Gasteiger partial charge in [0.15, 0.2) is 0 Å². The van der Waals surface area contributed by atoms with Crippen molar-refractivity contribution in [1.29, 1.82) is 0 Å². The third-order valence-electron chi connectivity index (χ3n) is 2.11. The molecule has 0 unspecified atom stereocenters. The highest BCUT2D eigenvalue weighted by molar-refractivity contribution is 9.10. The van der Waals surface area contributed by atoms with Crippen LogP contribution >= 0.6 is 27.3 Å². The number of halogens is 1. The first kappa shape index (κ1) is 10.6. The highest BCUT2D eigenvalue weighted by Gasteiger charge is 2.22. The molecule has 1 N–H and O–H groups in total. The van der Waals surface area contributed by atoms with Crippen LogP contribution in [0.5, 0.6) is 0 Å². The topological polar surface area (TPSA) is 49.4 Å². The maximum Gasteiger partial charge on any atom is 0.324 e. The predicted molar refractivity (Wildman–Crippen MR) is 60.6 cm³/mol. The zero-order valence-electron chi connectivity index (χ0n) is 7.83. The summed E-state index contributed by atoms with van der Waals surface area (Å²) in [5.74, 6) is -0.191. The molecule has 2 heterocycles. The number of thiophene rings is 1. The lowest BCUT2D eigenvalue weighted by Crippen LogP contribution is -2.48. The number of carbonyl (C=O) groups is 2. The molecule has 1 saturated heterocycles. The third-order valence-corrected chi connectivity index (χ3v) is 3.79. The number of rotatable bonds is 2. The standard InChI is InChI=1S/C9H9BrN2O2S/c10-6-3-7(15-5-6)4-12-2-1-8(13)11-9(12)14/h3,5H,1-2,4H2,(H,11,13,14). The first-order valence-electron chi connectivity index (χ1n) is 4.47. The van der Waals surface area contributed by atoms with Gasteiger partial charge in [0.05, 0.1) is 6.54 Å². The molecule has 0 spiro atoms. The predicted octanol–water partition coefficient (Wildman–Crippen LogP) is 1.95. The first-order chi connectivity index (χ1) is 7.15. The fourth-order valence-electron chi connectivity index (χ4n) is 1.37. The molecule has 1 aromatic rings. The van der Waals surface area contributed by atoms with Gasteiger partial charge in [-0.2, -0.15) is 0 Å². The van der Waals surface area contributed by atoms with E-state index < -0.39 is 0 Å². The summed E-state index contributed by atoms with van der Waals surface area (Å²) >= 11 is 4.95. The number of hydrogen-bond donors (Lipinski definition) is 1. The number of nitrogens with one attached hydrogen (secondary N) is 1. The molecule has 0 bridgehead atoms. The lowest BCUT2D eigenvalue weighted by molar-refractivity contribution is -0.121. The number of nitrogens with zero attached hydrogens (tertiary/aromatic N) is 1. The van der Waals surface area contributed by atoms with Crippen LogP contribution < -0.4 is 5.32 Å². The van der Waals surface area contributed by atoms with Gasteiger partial charge in [-0.05, 0) is 22.0 Å². The van der Waals surface area contributed by atoms with E-state index in [0.717, 1.165) is 9.35 Å². The molecule has 1 fully saturated rings. The van der Waals surface area contributed by atoms with Crippen molar-refractivity contribution >= 4 is 39.2 Å². The van der Waals surface area contributed by atoms with Gasteiger partial charge >= 0.3 is 6.03 Å². The summed E-state index contributed by atoms with van der Waals surface area (Å²) in [6, 6.07) is 1.68. The molecule has 3 amide bonds. The van der Waals surface area contributed by atoms with Crippen molar-refractivity contribution < 1.29 is 9.59 Å². The highest BCUT2D eigenvalue weighted by Crippen LogP contribution is 2.21. The lowest BCUT2D eigenvalue weighted by Gasteiger charge is -2.25. The molecule has 1 aliphatic rings. The smallest absolute Gasteiger partial charge is 0.319 e. The zero-order valence-corrected chi connectivity index (χ0v) is 10.2. The molecular formula is C9H9BrN2O2S. The summed E-state index contributed by atoms with van der Waals surface area (Å²) < 4.78 is 1.02. The van der Waals surface area contributed by atoms with Gasteiger partial charge in [-0.25, -0.2) is 4.79 Å².